The van der Waals surface area contributed by atoms with Crippen LogP contribution in [0.5, 0.6) is 0 Å². The minimum atomic E-state index is -4.51. The van der Waals surface area contributed by atoms with Crippen molar-refractivity contribution in [2.75, 3.05) is 0 Å². The van der Waals surface area contributed by atoms with Gasteiger partial charge in [0.15, 0.2) is 0 Å². The number of thioether (sulfide) groups is 1. The first-order chi connectivity index (χ1) is 11.8. The average molecular weight is 372 g/mol. The lowest BCUT2D eigenvalue weighted by Gasteiger charge is -2.15. The molecule has 2 aromatic rings. The molecule has 2 rings (SSSR count). The van der Waals surface area contributed by atoms with Crippen LogP contribution in [0.1, 0.15) is 23.0 Å². The molecule has 25 heavy (non-hydrogen) atoms. The number of hydrogen-bond donors (Lipinski definition) is 2. The van der Waals surface area contributed by atoms with E-state index in [4.69, 9.17) is 4.42 Å². The van der Waals surface area contributed by atoms with Crippen molar-refractivity contribution in [2.24, 2.45) is 0 Å². The van der Waals surface area contributed by atoms with Gasteiger partial charge in [-0.1, -0.05) is 12.1 Å². The minimum absolute atomic E-state index is 0.143. The maximum Gasteiger partial charge on any atom is 0.446 e. The monoisotopic (exact) mass is 372 g/mol. The van der Waals surface area contributed by atoms with Gasteiger partial charge in [-0.25, -0.2) is 0 Å². The number of amides is 2. The van der Waals surface area contributed by atoms with E-state index < -0.39 is 23.4 Å². The van der Waals surface area contributed by atoms with E-state index in [0.29, 0.717) is 5.76 Å². The van der Waals surface area contributed by atoms with Crippen LogP contribution < -0.4 is 10.6 Å². The molecule has 9 heteroatoms. The molecule has 1 aromatic carbocycles. The van der Waals surface area contributed by atoms with Gasteiger partial charge in [0.1, 0.15) is 11.8 Å². The van der Waals surface area contributed by atoms with Crippen molar-refractivity contribution in [1.29, 1.82) is 0 Å². The molecular weight excluding hydrogens is 357 g/mol. The van der Waals surface area contributed by atoms with Crippen molar-refractivity contribution < 1.29 is 27.2 Å². The summed E-state index contributed by atoms with van der Waals surface area (Å²) >= 11 is -0.374. The van der Waals surface area contributed by atoms with E-state index in [1.807, 2.05) is 0 Å². The first-order valence-electron chi connectivity index (χ1n) is 7.22. The van der Waals surface area contributed by atoms with E-state index in [0.717, 1.165) is 0 Å². The topological polar surface area (TPSA) is 71.3 Å². The molecule has 0 aliphatic carbocycles. The van der Waals surface area contributed by atoms with Crippen molar-refractivity contribution in [3.8, 4) is 0 Å². The molecule has 0 bridgehead atoms. The summed E-state index contributed by atoms with van der Waals surface area (Å²) < 4.78 is 42.8. The number of carbonyl (C=O) groups is 2. The number of furan rings is 1. The lowest BCUT2D eigenvalue weighted by molar-refractivity contribution is -0.122. The number of rotatable bonds is 6. The predicted molar refractivity (Wildman–Crippen MR) is 85.8 cm³/mol. The average Bonchev–Trinajstić information content (AvgIpc) is 3.04. The first kappa shape index (κ1) is 18.9. The molecule has 0 spiro atoms. The lowest BCUT2D eigenvalue weighted by atomic mass is 10.2. The van der Waals surface area contributed by atoms with E-state index in [9.17, 15) is 22.8 Å². The maximum absolute atomic E-state index is 12.6. The molecule has 5 nitrogen and oxygen atoms in total. The van der Waals surface area contributed by atoms with Gasteiger partial charge in [-0.15, -0.1) is 0 Å². The molecule has 0 saturated heterocycles. The summed E-state index contributed by atoms with van der Waals surface area (Å²) in [5.41, 5.74) is -4.65. The zero-order valence-electron chi connectivity index (χ0n) is 13.1. The quantitative estimate of drug-likeness (QED) is 0.763. The summed E-state index contributed by atoms with van der Waals surface area (Å²) in [7, 11) is 0. The SMILES string of the molecule is CC(NC(=O)c1ccccc1SC(F)(F)F)C(=O)NCc1ccco1. The van der Waals surface area contributed by atoms with E-state index in [2.05, 4.69) is 10.6 Å². The van der Waals surface area contributed by atoms with Gasteiger partial charge in [-0.3, -0.25) is 9.59 Å². The fourth-order valence-electron chi connectivity index (χ4n) is 1.95. The predicted octanol–water partition coefficient (Wildman–Crippen LogP) is 3.33. The van der Waals surface area contributed by atoms with Gasteiger partial charge in [0.25, 0.3) is 5.91 Å². The second-order valence-corrected chi connectivity index (χ2v) is 6.14. The second kappa shape index (κ2) is 8.11. The van der Waals surface area contributed by atoms with Crippen molar-refractivity contribution in [2.45, 2.75) is 29.9 Å². The Morgan fingerprint density at radius 1 is 1.20 bits per heavy atom. The Bertz CT molecular complexity index is 732. The van der Waals surface area contributed by atoms with Crippen LogP contribution in [-0.4, -0.2) is 23.4 Å². The zero-order valence-corrected chi connectivity index (χ0v) is 13.9. The third-order valence-electron chi connectivity index (χ3n) is 3.12. The normalized spacial score (nSPS) is 12.5. The van der Waals surface area contributed by atoms with Crippen molar-refractivity contribution in [1.82, 2.24) is 10.6 Å². The fraction of sp³-hybridized carbons (Fsp3) is 0.250. The van der Waals surface area contributed by atoms with E-state index in [-0.39, 0.29) is 28.8 Å². The number of halogens is 3. The molecule has 2 N–H and O–H groups in total. The van der Waals surface area contributed by atoms with Gasteiger partial charge in [0.2, 0.25) is 5.91 Å². The Hall–Kier alpha value is -2.42. The Labute approximate surface area is 146 Å². The molecule has 0 fully saturated rings. The first-order valence-corrected chi connectivity index (χ1v) is 8.03. The Balaban J connectivity index is 1.97. The number of hydrogen-bond acceptors (Lipinski definition) is 4. The highest BCUT2D eigenvalue weighted by molar-refractivity contribution is 8.00. The standard InChI is InChI=1S/C16H15F3N2O3S/c1-10(14(22)20-9-11-5-4-8-24-11)21-15(23)12-6-2-3-7-13(12)25-16(17,18)19/h2-8,10H,9H2,1H3,(H,20,22)(H,21,23). The van der Waals surface area contributed by atoms with Crippen molar-refractivity contribution in [3.05, 3.63) is 54.0 Å². The molecule has 2 amide bonds. The Kier molecular flexibility index (Phi) is 6.13. The number of benzene rings is 1. The van der Waals surface area contributed by atoms with E-state index in [1.165, 1.54) is 37.5 Å². The van der Waals surface area contributed by atoms with Crippen LogP contribution in [0.4, 0.5) is 13.2 Å². The van der Waals surface area contributed by atoms with Crippen molar-refractivity contribution in [3.63, 3.8) is 0 Å². The molecular formula is C16H15F3N2O3S. The van der Waals surface area contributed by atoms with Gasteiger partial charge in [0, 0.05) is 4.90 Å². The molecule has 0 saturated carbocycles. The molecule has 134 valence electrons. The van der Waals surface area contributed by atoms with Gasteiger partial charge < -0.3 is 15.1 Å². The van der Waals surface area contributed by atoms with E-state index in [1.54, 1.807) is 12.1 Å². The number of carbonyl (C=O) groups excluding carboxylic acids is 2. The highest BCUT2D eigenvalue weighted by Gasteiger charge is 2.31. The Morgan fingerprint density at radius 3 is 2.56 bits per heavy atom. The molecule has 1 heterocycles. The number of alkyl halides is 3. The van der Waals surface area contributed by atoms with Crippen LogP contribution in [0.3, 0.4) is 0 Å². The van der Waals surface area contributed by atoms with Gasteiger partial charge in [-0.05, 0) is 43.0 Å². The van der Waals surface area contributed by atoms with E-state index >= 15 is 0 Å². The minimum Gasteiger partial charge on any atom is -0.467 e. The van der Waals surface area contributed by atoms with Gasteiger partial charge in [0.05, 0.1) is 18.4 Å². The van der Waals surface area contributed by atoms with Gasteiger partial charge in [-0.2, -0.15) is 13.2 Å². The molecule has 1 unspecified atom stereocenters. The smallest absolute Gasteiger partial charge is 0.446 e. The molecule has 0 aliphatic heterocycles. The van der Waals surface area contributed by atoms with Crippen LogP contribution in [0.15, 0.2) is 52.0 Å². The van der Waals surface area contributed by atoms with Crippen LogP contribution in [0, 0.1) is 0 Å². The largest absolute Gasteiger partial charge is 0.467 e. The molecule has 0 radical (unpaired) electrons. The van der Waals surface area contributed by atoms with Crippen LogP contribution in [0.25, 0.3) is 0 Å². The second-order valence-electron chi connectivity index (χ2n) is 5.04. The van der Waals surface area contributed by atoms with Crippen molar-refractivity contribution >= 4 is 23.6 Å². The lowest BCUT2D eigenvalue weighted by Crippen LogP contribution is -2.44. The molecule has 0 aliphatic rings. The summed E-state index contributed by atoms with van der Waals surface area (Å²) in [6.45, 7) is 1.58. The van der Waals surface area contributed by atoms with Crippen LogP contribution in [0.2, 0.25) is 0 Å². The highest BCUT2D eigenvalue weighted by atomic mass is 32.2. The molecule has 1 atom stereocenters. The number of nitrogens with one attached hydrogen (secondary N) is 2. The third kappa shape index (κ3) is 5.86. The third-order valence-corrected chi connectivity index (χ3v) is 3.92. The summed E-state index contributed by atoms with van der Waals surface area (Å²) in [6, 6.07) is 7.76. The fourth-order valence-corrected chi connectivity index (χ4v) is 2.61. The van der Waals surface area contributed by atoms with Gasteiger partial charge >= 0.3 is 5.51 Å². The summed E-state index contributed by atoms with van der Waals surface area (Å²) in [4.78, 5) is 23.9. The highest BCUT2D eigenvalue weighted by Crippen LogP contribution is 2.38. The van der Waals surface area contributed by atoms with Crippen LogP contribution in [-0.2, 0) is 11.3 Å². The Morgan fingerprint density at radius 2 is 1.92 bits per heavy atom. The summed E-state index contributed by atoms with van der Waals surface area (Å²) in [6.07, 6.45) is 1.46. The maximum atomic E-state index is 12.6. The summed E-state index contributed by atoms with van der Waals surface area (Å²) in [5.74, 6) is -0.697. The van der Waals surface area contributed by atoms with Crippen LogP contribution >= 0.6 is 11.8 Å². The molecule has 1 aromatic heterocycles. The zero-order chi connectivity index (χ0) is 18.4. The summed E-state index contributed by atoms with van der Waals surface area (Å²) in [5, 5.41) is 4.95.